The number of anilines is 8. The van der Waals surface area contributed by atoms with Crippen LogP contribution in [-0.4, -0.2) is 14.0 Å². The van der Waals surface area contributed by atoms with Crippen LogP contribution in [0.5, 0.6) is 0 Å². The molecular weight excluding hydrogens is 718 g/mol. The number of hydrogen-bond donors (Lipinski definition) is 0. The number of nitrogens with zero attached hydrogens (tertiary/aromatic N) is 4. The molecule has 0 saturated carbocycles. The molecule has 4 nitrogen and oxygen atoms in total. The summed E-state index contributed by atoms with van der Waals surface area (Å²) in [5.74, 6) is 0.834. The average Bonchev–Trinajstić information content (AvgIpc) is 3.77. The highest BCUT2D eigenvalue weighted by Crippen LogP contribution is 2.61. The van der Waals surface area contributed by atoms with Gasteiger partial charge in [0.2, 0.25) is 0 Å². The second kappa shape index (κ2) is 11.1. The Morgan fingerprint density at radius 1 is 0.375 bits per heavy atom. The maximum Gasteiger partial charge on any atom is 0.421 e. The van der Waals surface area contributed by atoms with Gasteiger partial charge in [-0.2, -0.15) is 0 Å². The minimum atomic E-state index is -0.0276. The standard InChI is InChI=1S/C48H36B2N4S2/c1-27(2)29-19-21-37-33(23-29)31-25-36-32(26-35(31)49-51(37)41-13-9-17-45-47(41)53(49)39-11-5-7-15-43(39)55-45)34-24-30(28(3)4)20-22-38(34)52-42-14-10-18-46-48(42)54(50(36)52)40-12-6-8-16-44(40)56-46/h5-28H,1-4H3. The fourth-order valence-corrected chi connectivity index (χ4v) is 12.5. The van der Waals surface area contributed by atoms with Crippen LogP contribution in [0.1, 0.15) is 50.7 Å². The zero-order valence-corrected chi connectivity index (χ0v) is 33.2. The van der Waals surface area contributed by atoms with Crippen LogP contribution in [0, 0.1) is 0 Å². The summed E-state index contributed by atoms with van der Waals surface area (Å²) in [7, 11) is 0. The van der Waals surface area contributed by atoms with Crippen molar-refractivity contribution in [3.8, 4) is 22.3 Å². The van der Waals surface area contributed by atoms with E-state index in [0.717, 1.165) is 0 Å². The van der Waals surface area contributed by atoms with Crippen LogP contribution in [0.15, 0.2) is 153 Å². The summed E-state index contributed by atoms with van der Waals surface area (Å²) in [6, 6.07) is 51.5. The minimum Gasteiger partial charge on any atom is -0.359 e. The van der Waals surface area contributed by atoms with Gasteiger partial charge in [-0.1, -0.05) is 112 Å². The quantitative estimate of drug-likeness (QED) is 0.162. The third kappa shape index (κ3) is 3.96. The molecule has 266 valence electrons. The summed E-state index contributed by atoms with van der Waals surface area (Å²) in [5, 5.41) is 0. The van der Waals surface area contributed by atoms with Gasteiger partial charge in [0.1, 0.15) is 0 Å². The molecule has 8 heteroatoms. The summed E-state index contributed by atoms with van der Waals surface area (Å²) in [6.07, 6.45) is 0. The first-order chi connectivity index (χ1) is 27.4. The Bertz CT molecular complexity index is 2710. The van der Waals surface area contributed by atoms with Crippen molar-refractivity contribution in [1.29, 1.82) is 0 Å². The molecule has 7 aromatic rings. The van der Waals surface area contributed by atoms with Gasteiger partial charge < -0.3 is 19.2 Å². The normalized spacial score (nSPS) is 15.5. The van der Waals surface area contributed by atoms with Gasteiger partial charge in [-0.15, -0.1) is 0 Å². The van der Waals surface area contributed by atoms with Crippen molar-refractivity contribution in [2.45, 2.75) is 59.1 Å². The molecule has 6 aliphatic rings. The zero-order valence-electron chi connectivity index (χ0n) is 31.6. The average molecular weight is 755 g/mol. The van der Waals surface area contributed by atoms with E-state index in [-0.39, 0.29) is 14.0 Å². The van der Waals surface area contributed by atoms with E-state index < -0.39 is 0 Å². The number of fused-ring (bicyclic) bond motifs is 20. The molecule has 0 fully saturated rings. The second-order valence-electron chi connectivity index (χ2n) is 16.5. The van der Waals surface area contributed by atoms with Gasteiger partial charge in [-0.25, -0.2) is 0 Å². The SMILES string of the molecule is CC(C)c1ccc2c(c1)-c1cc3c(cc1B1N2c2cccc4c2N1c1ccccc1S4)-c1cc(C(C)C)ccc1N1B3N2c3ccccc3Sc3cccc1c32. The van der Waals surface area contributed by atoms with Crippen molar-refractivity contribution in [3.05, 3.63) is 145 Å². The van der Waals surface area contributed by atoms with Gasteiger partial charge in [-0.05, 0) is 118 Å². The van der Waals surface area contributed by atoms with Crippen molar-refractivity contribution < 1.29 is 0 Å². The lowest BCUT2D eigenvalue weighted by Crippen LogP contribution is -2.59. The number of hydrogen-bond acceptors (Lipinski definition) is 6. The lowest BCUT2D eigenvalue weighted by molar-refractivity contribution is 0.867. The molecule has 6 aliphatic heterocycles. The van der Waals surface area contributed by atoms with E-state index in [4.69, 9.17) is 0 Å². The molecule has 0 spiro atoms. The number of rotatable bonds is 2. The van der Waals surface area contributed by atoms with Gasteiger partial charge in [0, 0.05) is 53.5 Å². The highest BCUT2D eigenvalue weighted by atomic mass is 32.2. The van der Waals surface area contributed by atoms with Gasteiger partial charge in [0.15, 0.2) is 0 Å². The number of benzene rings is 7. The van der Waals surface area contributed by atoms with Crippen LogP contribution in [0.25, 0.3) is 22.3 Å². The van der Waals surface area contributed by atoms with Crippen molar-refractivity contribution in [2.75, 3.05) is 19.2 Å². The molecule has 0 amide bonds. The fourth-order valence-electron chi connectivity index (χ4n) is 10.3. The lowest BCUT2D eigenvalue weighted by Gasteiger charge is -2.41. The van der Waals surface area contributed by atoms with Crippen LogP contribution in [0.4, 0.5) is 45.5 Å². The van der Waals surface area contributed by atoms with E-state index in [1.165, 1.54) is 109 Å². The van der Waals surface area contributed by atoms with E-state index in [9.17, 15) is 0 Å². The smallest absolute Gasteiger partial charge is 0.359 e. The molecule has 56 heavy (non-hydrogen) atoms. The molecule has 0 unspecified atom stereocenters. The maximum absolute atomic E-state index is 2.65. The van der Waals surface area contributed by atoms with Gasteiger partial charge in [0.25, 0.3) is 0 Å². The predicted molar refractivity (Wildman–Crippen MR) is 239 cm³/mol. The Hall–Kier alpha value is -5.43. The van der Waals surface area contributed by atoms with E-state index in [1.54, 1.807) is 0 Å². The van der Waals surface area contributed by atoms with Gasteiger partial charge >= 0.3 is 14.0 Å². The first-order valence-electron chi connectivity index (χ1n) is 19.9. The Kier molecular flexibility index (Phi) is 6.30. The Balaban J connectivity index is 1.14. The lowest BCUT2D eigenvalue weighted by atomic mass is 9.53. The third-order valence-corrected chi connectivity index (χ3v) is 15.1. The highest BCUT2D eigenvalue weighted by Gasteiger charge is 2.54. The van der Waals surface area contributed by atoms with Crippen molar-refractivity contribution >= 4 is 93.9 Å². The Morgan fingerprint density at radius 3 is 1.23 bits per heavy atom. The molecule has 0 N–H and O–H groups in total. The summed E-state index contributed by atoms with van der Waals surface area (Å²) >= 11 is 3.80. The van der Waals surface area contributed by atoms with Crippen molar-refractivity contribution in [3.63, 3.8) is 0 Å². The molecule has 0 aromatic heterocycles. The van der Waals surface area contributed by atoms with Crippen molar-refractivity contribution in [2.24, 2.45) is 0 Å². The number of para-hydroxylation sites is 4. The van der Waals surface area contributed by atoms with Crippen LogP contribution in [0.3, 0.4) is 0 Å². The van der Waals surface area contributed by atoms with E-state index >= 15 is 0 Å². The minimum absolute atomic E-state index is 0.0276. The molecule has 0 atom stereocenters. The second-order valence-corrected chi connectivity index (χ2v) is 18.7. The van der Waals surface area contributed by atoms with E-state index in [2.05, 4.69) is 180 Å². The topological polar surface area (TPSA) is 13.0 Å². The fraction of sp³-hybridized carbons (Fsp3) is 0.125. The summed E-state index contributed by atoms with van der Waals surface area (Å²) < 4.78 is 0. The molecule has 6 heterocycles. The Labute approximate surface area is 337 Å². The Morgan fingerprint density at radius 2 is 0.786 bits per heavy atom. The molecule has 0 radical (unpaired) electrons. The molecule has 0 bridgehead atoms. The largest absolute Gasteiger partial charge is 0.421 e. The highest BCUT2D eigenvalue weighted by molar-refractivity contribution is 8.00. The molecule has 0 saturated heterocycles. The van der Waals surface area contributed by atoms with Crippen LogP contribution in [-0.2, 0) is 0 Å². The van der Waals surface area contributed by atoms with E-state index in [0.29, 0.717) is 11.8 Å². The van der Waals surface area contributed by atoms with Crippen LogP contribution in [0.2, 0.25) is 0 Å². The third-order valence-electron chi connectivity index (χ3n) is 12.9. The van der Waals surface area contributed by atoms with Gasteiger partial charge in [0.05, 0.1) is 22.7 Å². The monoisotopic (exact) mass is 754 g/mol. The van der Waals surface area contributed by atoms with E-state index in [1.807, 2.05) is 23.5 Å². The van der Waals surface area contributed by atoms with Gasteiger partial charge in [-0.3, -0.25) is 0 Å². The maximum atomic E-state index is 2.65. The predicted octanol–water partition coefficient (Wildman–Crippen LogP) is 12.2. The molecule has 0 aliphatic carbocycles. The summed E-state index contributed by atoms with van der Waals surface area (Å²) in [6.45, 7) is 9.21. The first-order valence-corrected chi connectivity index (χ1v) is 21.5. The zero-order chi connectivity index (χ0) is 37.1. The van der Waals surface area contributed by atoms with Crippen molar-refractivity contribution in [1.82, 2.24) is 0 Å². The van der Waals surface area contributed by atoms with Crippen LogP contribution < -0.4 is 30.2 Å². The molecular formula is C48H36B2N4S2. The summed E-state index contributed by atoms with van der Waals surface area (Å²) in [4.78, 5) is 15.8. The summed E-state index contributed by atoms with van der Waals surface area (Å²) in [5.41, 5.74) is 21.1. The molecule has 13 rings (SSSR count). The van der Waals surface area contributed by atoms with Crippen LogP contribution >= 0.6 is 23.5 Å². The molecule has 7 aromatic carbocycles. The first kappa shape index (κ1) is 31.7.